The predicted molar refractivity (Wildman–Crippen MR) is 169 cm³/mol. The lowest BCUT2D eigenvalue weighted by Gasteiger charge is -2.44. The third-order valence-corrected chi connectivity index (χ3v) is 14.3. The molecule has 232 valence electrons. The zero-order chi connectivity index (χ0) is 30.0. The van der Waals surface area contributed by atoms with Crippen molar-refractivity contribution in [3.05, 3.63) is 60.7 Å². The average Bonchev–Trinajstić information content (AvgIpc) is 3.29. The van der Waals surface area contributed by atoms with Crippen LogP contribution in [0.2, 0.25) is 5.04 Å². The Morgan fingerprint density at radius 3 is 2.14 bits per heavy atom. The zero-order valence-electron chi connectivity index (χ0n) is 26.1. The molecule has 7 heteroatoms. The quantitative estimate of drug-likeness (QED) is 0.164. The number of ether oxygens (including phenoxy) is 3. The summed E-state index contributed by atoms with van der Waals surface area (Å²) < 4.78 is 24.8. The van der Waals surface area contributed by atoms with Crippen molar-refractivity contribution in [1.29, 1.82) is 0 Å². The van der Waals surface area contributed by atoms with Gasteiger partial charge in [0.1, 0.15) is 0 Å². The number of hydrogen-bond acceptors (Lipinski definition) is 6. The van der Waals surface area contributed by atoms with E-state index in [4.69, 9.17) is 18.6 Å². The predicted octanol–water partition coefficient (Wildman–Crippen LogP) is 5.99. The third kappa shape index (κ3) is 8.11. The van der Waals surface area contributed by atoms with Gasteiger partial charge in [0.2, 0.25) is 0 Å². The molecule has 1 N–H and O–H groups in total. The molecule has 1 aliphatic carbocycles. The Balaban J connectivity index is 1.56. The van der Waals surface area contributed by atoms with E-state index in [1.165, 1.54) is 17.5 Å². The Bertz CT molecular complexity index is 1030. The van der Waals surface area contributed by atoms with Gasteiger partial charge in [-0.3, -0.25) is 4.79 Å². The first-order chi connectivity index (χ1) is 20.3. The Morgan fingerprint density at radius 1 is 0.929 bits per heavy atom. The van der Waals surface area contributed by atoms with E-state index in [2.05, 4.69) is 81.4 Å². The minimum Gasteiger partial charge on any atom is -0.469 e. The summed E-state index contributed by atoms with van der Waals surface area (Å²) in [5.41, 5.74) is 0. The van der Waals surface area contributed by atoms with Crippen LogP contribution < -0.4 is 10.4 Å². The van der Waals surface area contributed by atoms with Crippen molar-refractivity contribution >= 4 is 24.7 Å². The molecule has 2 aromatic rings. The maximum absolute atomic E-state index is 11.5. The number of methoxy groups -OCH3 is 1. The minimum atomic E-state index is -2.73. The first kappa shape index (κ1) is 32.9. The number of aliphatic hydroxyl groups excluding tert-OH is 1. The van der Waals surface area contributed by atoms with Crippen LogP contribution in [0.25, 0.3) is 0 Å². The van der Waals surface area contributed by atoms with Crippen LogP contribution in [0.15, 0.2) is 60.7 Å². The van der Waals surface area contributed by atoms with Crippen LogP contribution in [0, 0.1) is 11.8 Å². The van der Waals surface area contributed by atoms with E-state index in [9.17, 15) is 9.90 Å². The molecule has 4 rings (SSSR count). The molecule has 0 bridgehead atoms. The number of carbonyl (C=O) groups is 1. The highest BCUT2D eigenvalue weighted by Crippen LogP contribution is 2.42. The standard InChI is InChI=1S/C35H52O6Si/c1-35(2,3)42(27-17-9-7-10-18-27,28-19-11-8-12-20-28)40-26-30-29(21-13-5-6-14-22-33(37)38-4)31(36)25-32(30)41-34-23-15-16-24-39-34/h7-12,17-20,29-32,34,36H,5-6,13-16,21-26H2,1-4H3/t29-,30-,31+,32-,34?/m1/s1. The molecule has 42 heavy (non-hydrogen) atoms. The SMILES string of the molecule is COC(=O)CCCCCC[C@@H]1[C@@H](CO[Si](c2ccccc2)(c2ccccc2)C(C)(C)C)[C@H](OC2CCCCO2)C[C@@H]1O. The van der Waals surface area contributed by atoms with Crippen molar-refractivity contribution in [1.82, 2.24) is 0 Å². The lowest BCUT2D eigenvalue weighted by atomic mass is 9.89. The third-order valence-electron chi connectivity index (χ3n) is 9.27. The first-order valence-electron chi connectivity index (χ1n) is 16.0. The second-order valence-electron chi connectivity index (χ2n) is 13.1. The Kier molecular flexibility index (Phi) is 12.2. The van der Waals surface area contributed by atoms with Crippen LogP contribution in [0.3, 0.4) is 0 Å². The van der Waals surface area contributed by atoms with Crippen LogP contribution in [0.4, 0.5) is 0 Å². The van der Waals surface area contributed by atoms with Crippen molar-refractivity contribution in [3.63, 3.8) is 0 Å². The molecule has 0 aromatic heterocycles. The number of hydrogen-bond donors (Lipinski definition) is 1. The summed E-state index contributed by atoms with van der Waals surface area (Å²) in [6.07, 6.45) is 8.20. The van der Waals surface area contributed by atoms with Crippen LogP contribution in [0.5, 0.6) is 0 Å². The lowest BCUT2D eigenvalue weighted by molar-refractivity contribution is -0.197. The fraction of sp³-hybridized carbons (Fsp3) is 0.629. The molecule has 1 saturated carbocycles. The summed E-state index contributed by atoms with van der Waals surface area (Å²) in [6.45, 7) is 8.18. The van der Waals surface area contributed by atoms with E-state index >= 15 is 0 Å². The van der Waals surface area contributed by atoms with Gasteiger partial charge in [-0.1, -0.05) is 101 Å². The second kappa shape index (κ2) is 15.6. The van der Waals surface area contributed by atoms with Crippen molar-refractivity contribution in [3.8, 4) is 0 Å². The van der Waals surface area contributed by atoms with Gasteiger partial charge in [0, 0.05) is 32.0 Å². The first-order valence-corrected chi connectivity index (χ1v) is 17.9. The van der Waals surface area contributed by atoms with E-state index in [1.54, 1.807) is 0 Å². The number of aliphatic hydroxyl groups is 1. The molecule has 0 radical (unpaired) electrons. The highest BCUT2D eigenvalue weighted by Gasteiger charge is 2.52. The smallest absolute Gasteiger partial charge is 0.305 e. The molecule has 1 saturated heterocycles. The Hall–Kier alpha value is -2.03. The highest BCUT2D eigenvalue weighted by atomic mass is 28.4. The molecule has 1 unspecified atom stereocenters. The van der Waals surface area contributed by atoms with Crippen molar-refractivity contribution < 1.29 is 28.5 Å². The summed E-state index contributed by atoms with van der Waals surface area (Å²) in [5.74, 6) is 0.0198. The van der Waals surface area contributed by atoms with E-state index in [0.29, 0.717) is 19.4 Å². The summed E-state index contributed by atoms with van der Waals surface area (Å²) >= 11 is 0. The zero-order valence-corrected chi connectivity index (χ0v) is 27.1. The summed E-state index contributed by atoms with van der Waals surface area (Å²) in [5, 5.41) is 13.8. The maximum atomic E-state index is 11.5. The molecule has 0 amide bonds. The van der Waals surface area contributed by atoms with Gasteiger partial charge in [-0.15, -0.1) is 0 Å². The summed E-state index contributed by atoms with van der Waals surface area (Å²) in [6, 6.07) is 21.5. The molecule has 2 aliphatic rings. The van der Waals surface area contributed by atoms with Gasteiger partial charge in [-0.25, -0.2) is 0 Å². The number of rotatable bonds is 14. The van der Waals surface area contributed by atoms with Gasteiger partial charge < -0.3 is 23.7 Å². The van der Waals surface area contributed by atoms with Gasteiger partial charge in [0.15, 0.2) is 6.29 Å². The van der Waals surface area contributed by atoms with Crippen molar-refractivity contribution in [2.75, 3.05) is 20.3 Å². The summed E-state index contributed by atoms with van der Waals surface area (Å²) in [7, 11) is -1.29. The van der Waals surface area contributed by atoms with Gasteiger partial charge >= 0.3 is 5.97 Å². The number of benzene rings is 2. The molecule has 1 aliphatic heterocycles. The van der Waals surface area contributed by atoms with Crippen LogP contribution >= 0.6 is 0 Å². The monoisotopic (exact) mass is 596 g/mol. The largest absolute Gasteiger partial charge is 0.469 e. The molecular formula is C35H52O6Si. The lowest BCUT2D eigenvalue weighted by Crippen LogP contribution is -2.67. The van der Waals surface area contributed by atoms with Crippen molar-refractivity contribution in [2.24, 2.45) is 11.8 Å². The number of carbonyl (C=O) groups excluding carboxylic acids is 1. The van der Waals surface area contributed by atoms with Gasteiger partial charge in [-0.05, 0) is 53.4 Å². The van der Waals surface area contributed by atoms with E-state index in [1.807, 2.05) is 0 Å². The van der Waals surface area contributed by atoms with Gasteiger partial charge in [-0.2, -0.15) is 0 Å². The van der Waals surface area contributed by atoms with Crippen LogP contribution in [-0.2, 0) is 23.4 Å². The molecule has 2 fully saturated rings. The minimum absolute atomic E-state index is 0.0715. The molecule has 0 spiro atoms. The number of esters is 1. The van der Waals surface area contributed by atoms with Crippen molar-refractivity contribution in [2.45, 2.75) is 109 Å². The average molecular weight is 597 g/mol. The molecule has 5 atom stereocenters. The summed E-state index contributed by atoms with van der Waals surface area (Å²) in [4.78, 5) is 11.5. The van der Waals surface area contributed by atoms with Gasteiger partial charge in [0.25, 0.3) is 8.32 Å². The molecule has 2 aromatic carbocycles. The molecule has 1 heterocycles. The fourth-order valence-electron chi connectivity index (χ4n) is 7.04. The van der Waals surface area contributed by atoms with E-state index < -0.39 is 14.4 Å². The molecule has 6 nitrogen and oxygen atoms in total. The van der Waals surface area contributed by atoms with Crippen LogP contribution in [0.1, 0.15) is 85.0 Å². The highest BCUT2D eigenvalue weighted by molar-refractivity contribution is 6.99. The molecular weight excluding hydrogens is 544 g/mol. The Labute approximate surface area is 254 Å². The van der Waals surface area contributed by atoms with E-state index in [0.717, 1.165) is 58.0 Å². The van der Waals surface area contributed by atoms with Gasteiger partial charge in [0.05, 0.1) is 19.3 Å². The maximum Gasteiger partial charge on any atom is 0.305 e. The normalized spacial score (nSPS) is 24.9. The second-order valence-corrected chi connectivity index (χ2v) is 17.4. The Morgan fingerprint density at radius 2 is 1.57 bits per heavy atom. The number of unbranched alkanes of at least 4 members (excludes halogenated alkanes) is 3. The van der Waals surface area contributed by atoms with E-state index in [-0.39, 0.29) is 35.2 Å². The fourth-order valence-corrected chi connectivity index (χ4v) is 11.6. The topological polar surface area (TPSA) is 74.2 Å². The van der Waals surface area contributed by atoms with Crippen LogP contribution in [-0.4, -0.2) is 58.2 Å².